The maximum absolute atomic E-state index is 12.1. The molecule has 1 aromatic rings. The van der Waals surface area contributed by atoms with Gasteiger partial charge in [0, 0.05) is 20.0 Å². The van der Waals surface area contributed by atoms with Gasteiger partial charge in [0.1, 0.15) is 11.9 Å². The first-order valence-electron chi connectivity index (χ1n) is 5.93. The number of carbonyl (C=O) groups is 1. The summed E-state index contributed by atoms with van der Waals surface area (Å²) in [5, 5.41) is 6.93. The lowest BCUT2D eigenvalue weighted by molar-refractivity contribution is -0.132. The average Bonchev–Trinajstić information content (AvgIpc) is 2.68. The number of hydrogen-bond acceptors (Lipinski definition) is 3. The standard InChI is InChI=1S/C11H20N4OS/c1-5-7-9-12-13-11(17)15(9)8(3)10(16)14(4)6-2/h8H,5-7H2,1-4H3,(H,13,17). The van der Waals surface area contributed by atoms with Crippen molar-refractivity contribution >= 4 is 18.1 Å². The minimum absolute atomic E-state index is 0.0577. The Morgan fingerprint density at radius 1 is 1.59 bits per heavy atom. The largest absolute Gasteiger partial charge is 0.344 e. The second-order valence-corrected chi connectivity index (χ2v) is 4.48. The average molecular weight is 256 g/mol. The molecular formula is C11H20N4OS. The normalized spacial score (nSPS) is 12.5. The topological polar surface area (TPSA) is 53.9 Å². The summed E-state index contributed by atoms with van der Waals surface area (Å²) in [4.78, 5) is 13.8. The number of aromatic nitrogens is 3. The van der Waals surface area contributed by atoms with Crippen LogP contribution in [0.3, 0.4) is 0 Å². The van der Waals surface area contributed by atoms with E-state index in [9.17, 15) is 4.79 Å². The zero-order valence-corrected chi connectivity index (χ0v) is 11.7. The first-order chi connectivity index (χ1) is 8.02. The minimum Gasteiger partial charge on any atom is -0.344 e. The van der Waals surface area contributed by atoms with Crippen molar-refractivity contribution < 1.29 is 4.79 Å². The molecule has 1 atom stereocenters. The van der Waals surface area contributed by atoms with Crippen molar-refractivity contribution in [3.63, 3.8) is 0 Å². The zero-order chi connectivity index (χ0) is 13.0. The van der Waals surface area contributed by atoms with E-state index < -0.39 is 0 Å². The highest BCUT2D eigenvalue weighted by Gasteiger charge is 2.21. The number of H-pyrrole nitrogens is 1. The van der Waals surface area contributed by atoms with Gasteiger partial charge in [-0.25, -0.2) is 0 Å². The van der Waals surface area contributed by atoms with Crippen LogP contribution in [0.15, 0.2) is 0 Å². The highest BCUT2D eigenvalue weighted by atomic mass is 32.1. The van der Waals surface area contributed by atoms with Crippen LogP contribution < -0.4 is 0 Å². The predicted molar refractivity (Wildman–Crippen MR) is 69.4 cm³/mol. The maximum Gasteiger partial charge on any atom is 0.245 e. The third-order valence-electron chi connectivity index (χ3n) is 2.85. The van der Waals surface area contributed by atoms with Gasteiger partial charge in [-0.1, -0.05) is 6.92 Å². The zero-order valence-electron chi connectivity index (χ0n) is 10.9. The van der Waals surface area contributed by atoms with Crippen LogP contribution in [0.4, 0.5) is 0 Å². The van der Waals surface area contributed by atoms with Gasteiger partial charge in [-0.05, 0) is 32.5 Å². The van der Waals surface area contributed by atoms with Crippen molar-refractivity contribution in [2.45, 2.75) is 39.7 Å². The smallest absolute Gasteiger partial charge is 0.245 e. The van der Waals surface area contributed by atoms with E-state index in [-0.39, 0.29) is 11.9 Å². The third kappa shape index (κ3) is 2.94. The van der Waals surface area contributed by atoms with Gasteiger partial charge in [-0.2, -0.15) is 5.10 Å². The first-order valence-corrected chi connectivity index (χ1v) is 6.34. The van der Waals surface area contributed by atoms with E-state index in [4.69, 9.17) is 12.2 Å². The Bertz CT molecular complexity index is 437. The molecule has 1 N–H and O–H groups in total. The summed E-state index contributed by atoms with van der Waals surface area (Å²) in [6, 6.07) is -0.298. The van der Waals surface area contributed by atoms with Gasteiger partial charge in [0.15, 0.2) is 4.77 Å². The second-order valence-electron chi connectivity index (χ2n) is 4.09. The number of aryl methyl sites for hydroxylation is 1. The summed E-state index contributed by atoms with van der Waals surface area (Å²) in [6.07, 6.45) is 1.80. The Kier molecular flexibility index (Phi) is 4.86. The molecule has 0 saturated carbocycles. The van der Waals surface area contributed by atoms with Crippen LogP contribution in [-0.4, -0.2) is 39.2 Å². The molecule has 1 rings (SSSR count). The molecule has 0 fully saturated rings. The molecule has 0 spiro atoms. The number of amides is 1. The Balaban J connectivity index is 3.02. The van der Waals surface area contributed by atoms with E-state index in [1.54, 1.807) is 11.9 Å². The van der Waals surface area contributed by atoms with Crippen LogP contribution in [0.5, 0.6) is 0 Å². The monoisotopic (exact) mass is 256 g/mol. The molecule has 17 heavy (non-hydrogen) atoms. The van der Waals surface area contributed by atoms with E-state index in [0.717, 1.165) is 18.7 Å². The number of carbonyl (C=O) groups excluding carboxylic acids is 1. The summed E-state index contributed by atoms with van der Waals surface area (Å²) in [6.45, 7) is 6.58. The van der Waals surface area contributed by atoms with Crippen molar-refractivity contribution in [3.05, 3.63) is 10.6 Å². The van der Waals surface area contributed by atoms with Crippen LogP contribution in [0, 0.1) is 4.77 Å². The molecule has 0 saturated heterocycles. The molecule has 0 aliphatic heterocycles. The Labute approximate surface area is 107 Å². The van der Waals surface area contributed by atoms with Crippen LogP contribution in [0.25, 0.3) is 0 Å². The minimum atomic E-state index is -0.298. The summed E-state index contributed by atoms with van der Waals surface area (Å²) in [5.74, 6) is 0.908. The number of rotatable bonds is 5. The predicted octanol–water partition coefficient (Wildman–Crippen LogP) is 1.93. The fraction of sp³-hybridized carbons (Fsp3) is 0.727. The van der Waals surface area contributed by atoms with Gasteiger partial charge in [0.25, 0.3) is 0 Å². The van der Waals surface area contributed by atoms with Gasteiger partial charge in [0.2, 0.25) is 5.91 Å². The molecule has 96 valence electrons. The summed E-state index contributed by atoms with van der Waals surface area (Å²) in [7, 11) is 1.79. The van der Waals surface area contributed by atoms with E-state index in [2.05, 4.69) is 17.1 Å². The molecular weight excluding hydrogens is 236 g/mol. The Morgan fingerprint density at radius 2 is 2.24 bits per heavy atom. The van der Waals surface area contributed by atoms with E-state index in [0.29, 0.717) is 11.3 Å². The molecule has 6 heteroatoms. The lowest BCUT2D eigenvalue weighted by atomic mass is 10.2. The number of hydrogen-bond donors (Lipinski definition) is 1. The van der Waals surface area contributed by atoms with E-state index >= 15 is 0 Å². The van der Waals surface area contributed by atoms with Crippen molar-refractivity contribution in [1.82, 2.24) is 19.7 Å². The summed E-state index contributed by atoms with van der Waals surface area (Å²) < 4.78 is 2.33. The van der Waals surface area contributed by atoms with Crippen LogP contribution >= 0.6 is 12.2 Å². The van der Waals surface area contributed by atoms with Gasteiger partial charge in [-0.3, -0.25) is 14.5 Å². The van der Waals surface area contributed by atoms with E-state index in [1.807, 2.05) is 18.4 Å². The molecule has 0 aliphatic rings. The Hall–Kier alpha value is -1.17. The molecule has 0 bridgehead atoms. The molecule has 5 nitrogen and oxygen atoms in total. The highest BCUT2D eigenvalue weighted by molar-refractivity contribution is 7.71. The Morgan fingerprint density at radius 3 is 2.76 bits per heavy atom. The number of likely N-dealkylation sites (N-methyl/N-ethyl adjacent to an activating group) is 1. The molecule has 1 amide bonds. The fourth-order valence-electron chi connectivity index (χ4n) is 1.72. The maximum atomic E-state index is 12.1. The molecule has 1 aromatic heterocycles. The number of nitrogens with zero attached hydrogens (tertiary/aromatic N) is 3. The molecule has 0 aromatic carbocycles. The lowest BCUT2D eigenvalue weighted by Crippen LogP contribution is -2.33. The highest BCUT2D eigenvalue weighted by Crippen LogP contribution is 2.13. The fourth-order valence-corrected chi connectivity index (χ4v) is 2.03. The molecule has 1 heterocycles. The van der Waals surface area contributed by atoms with Crippen molar-refractivity contribution in [2.24, 2.45) is 0 Å². The van der Waals surface area contributed by atoms with Crippen LogP contribution in [-0.2, 0) is 11.2 Å². The molecule has 0 radical (unpaired) electrons. The molecule has 1 unspecified atom stereocenters. The van der Waals surface area contributed by atoms with Crippen molar-refractivity contribution in [3.8, 4) is 0 Å². The molecule has 0 aliphatic carbocycles. The van der Waals surface area contributed by atoms with Gasteiger partial charge in [-0.15, -0.1) is 0 Å². The van der Waals surface area contributed by atoms with Gasteiger partial charge < -0.3 is 4.90 Å². The van der Waals surface area contributed by atoms with Gasteiger partial charge in [0.05, 0.1) is 0 Å². The summed E-state index contributed by atoms with van der Waals surface area (Å²) >= 11 is 5.18. The van der Waals surface area contributed by atoms with Gasteiger partial charge >= 0.3 is 0 Å². The van der Waals surface area contributed by atoms with Crippen LogP contribution in [0.1, 0.15) is 39.1 Å². The SMILES string of the molecule is CCCc1n[nH]c(=S)n1C(C)C(=O)N(C)CC. The lowest BCUT2D eigenvalue weighted by Gasteiger charge is -2.21. The van der Waals surface area contributed by atoms with Crippen LogP contribution in [0.2, 0.25) is 0 Å². The van der Waals surface area contributed by atoms with E-state index in [1.165, 1.54) is 0 Å². The second kappa shape index (κ2) is 5.95. The third-order valence-corrected chi connectivity index (χ3v) is 3.13. The first kappa shape index (κ1) is 13.9. The number of nitrogens with one attached hydrogen (secondary N) is 1. The summed E-state index contributed by atoms with van der Waals surface area (Å²) in [5.41, 5.74) is 0. The number of aromatic amines is 1. The van der Waals surface area contributed by atoms with Crippen molar-refractivity contribution in [1.29, 1.82) is 0 Å². The van der Waals surface area contributed by atoms with Crippen molar-refractivity contribution in [2.75, 3.05) is 13.6 Å². The quantitative estimate of drug-likeness (QED) is 0.819.